The van der Waals surface area contributed by atoms with E-state index < -0.39 is 34.3 Å². The topological polar surface area (TPSA) is 181 Å². The van der Waals surface area contributed by atoms with E-state index in [1.807, 2.05) is 13.8 Å². The highest BCUT2D eigenvalue weighted by molar-refractivity contribution is 6.31. The highest BCUT2D eigenvalue weighted by atomic mass is 16.5. The Balaban J connectivity index is 1.47. The van der Waals surface area contributed by atoms with Crippen LogP contribution in [-0.4, -0.2) is 56.7 Å². The Morgan fingerprint density at radius 1 is 1.10 bits per heavy atom. The summed E-state index contributed by atoms with van der Waals surface area (Å²) in [5.74, 6) is -1.89. The summed E-state index contributed by atoms with van der Waals surface area (Å²) >= 11 is 0. The van der Waals surface area contributed by atoms with E-state index in [4.69, 9.17) is 9.26 Å². The third-order valence-corrected chi connectivity index (χ3v) is 7.16. The first-order valence-corrected chi connectivity index (χ1v) is 12.9. The van der Waals surface area contributed by atoms with Crippen LogP contribution >= 0.6 is 0 Å². The van der Waals surface area contributed by atoms with Gasteiger partial charge in [0.05, 0.1) is 11.1 Å². The number of fused-ring (bicyclic) bond motifs is 3. The van der Waals surface area contributed by atoms with Crippen molar-refractivity contribution in [2.75, 3.05) is 13.1 Å². The minimum Gasteiger partial charge on any atom is -0.507 e. The predicted octanol–water partition coefficient (Wildman–Crippen LogP) is 2.41. The van der Waals surface area contributed by atoms with Gasteiger partial charge < -0.3 is 30.1 Å². The number of rotatable bonds is 9. The van der Waals surface area contributed by atoms with Crippen molar-refractivity contribution in [3.63, 3.8) is 0 Å². The van der Waals surface area contributed by atoms with E-state index in [-0.39, 0.29) is 64.3 Å². The van der Waals surface area contributed by atoms with Gasteiger partial charge in [0, 0.05) is 49.2 Å². The Morgan fingerprint density at radius 3 is 2.42 bits per heavy atom. The van der Waals surface area contributed by atoms with Gasteiger partial charge in [-0.15, -0.1) is 0 Å². The molecule has 2 aliphatic rings. The third-order valence-electron chi connectivity index (χ3n) is 7.16. The number of carbonyl (C=O) groups is 4. The zero-order valence-electron chi connectivity index (χ0n) is 23.2. The van der Waals surface area contributed by atoms with Gasteiger partial charge in [0.1, 0.15) is 34.0 Å². The number of carbonyl (C=O) groups excluding carboxylic acids is 4. The molecule has 12 heteroatoms. The highest BCUT2D eigenvalue weighted by Crippen LogP contribution is 2.57. The van der Waals surface area contributed by atoms with Crippen LogP contribution in [0.5, 0.6) is 17.2 Å². The SMILES string of the molecule is CC(=O)c1c(O)c(C)c(O)c2c1OC1=CC(=O)/C(=C(/C)NCCC(=O)NCCc3nc(C(C)C)no3)C(=O)[C@@]12C. The zero-order chi connectivity index (χ0) is 29.5. The minimum absolute atomic E-state index is 0.0168. The van der Waals surface area contributed by atoms with Crippen molar-refractivity contribution in [2.45, 2.75) is 65.7 Å². The fourth-order valence-electron chi connectivity index (χ4n) is 4.82. The van der Waals surface area contributed by atoms with Gasteiger partial charge in [-0.05, 0) is 27.7 Å². The first-order valence-electron chi connectivity index (χ1n) is 12.9. The number of ketones is 3. The summed E-state index contributed by atoms with van der Waals surface area (Å²) in [5.41, 5.74) is -1.64. The normalized spacial score (nSPS) is 19.1. The maximum absolute atomic E-state index is 13.8. The Labute approximate surface area is 230 Å². The molecule has 12 nitrogen and oxygen atoms in total. The molecule has 1 amide bonds. The molecule has 0 spiro atoms. The maximum Gasteiger partial charge on any atom is 0.228 e. The molecule has 0 radical (unpaired) electrons. The number of ether oxygens (including phenoxy) is 1. The number of nitrogens with one attached hydrogen (secondary N) is 2. The van der Waals surface area contributed by atoms with Crippen molar-refractivity contribution in [3.8, 4) is 17.2 Å². The van der Waals surface area contributed by atoms with Gasteiger partial charge in [0.2, 0.25) is 11.8 Å². The third kappa shape index (κ3) is 4.74. The van der Waals surface area contributed by atoms with Crippen LogP contribution in [0.15, 0.2) is 27.6 Å². The van der Waals surface area contributed by atoms with Crippen LogP contribution in [0.1, 0.15) is 80.2 Å². The molecule has 1 aliphatic carbocycles. The number of hydrogen-bond donors (Lipinski definition) is 4. The largest absolute Gasteiger partial charge is 0.507 e. The van der Waals surface area contributed by atoms with Gasteiger partial charge in [-0.1, -0.05) is 19.0 Å². The standard InChI is InChI=1S/C28H32N4O8/c1-12(2)27-31-19(40-32-27)8-10-30-18(35)7-9-29-14(4)20-16(34)11-17-28(6,26(20)38)22-24(37)13(3)23(36)21(15(5)33)25(22)39-17/h11-12,29,36-37H,7-10H2,1-6H3,(H,30,35)/b20-14+/t28-/m0/s1. The number of allylic oxidation sites excluding steroid dienone is 4. The number of aromatic hydroxyl groups is 2. The number of hydrogen-bond acceptors (Lipinski definition) is 11. The van der Waals surface area contributed by atoms with Crippen LogP contribution in [0.3, 0.4) is 0 Å². The zero-order valence-corrected chi connectivity index (χ0v) is 23.2. The molecule has 0 bridgehead atoms. The molecule has 1 aromatic carbocycles. The summed E-state index contributed by atoms with van der Waals surface area (Å²) in [6.45, 7) is 10.0. The number of Topliss-reactive ketones (excluding diaryl/α,β-unsaturated/α-hetero) is 2. The van der Waals surface area contributed by atoms with E-state index in [2.05, 4.69) is 20.8 Å². The lowest BCUT2D eigenvalue weighted by Crippen LogP contribution is -2.41. The average Bonchev–Trinajstić information content (AvgIpc) is 3.46. The number of nitrogens with zero attached hydrogens (tertiary/aromatic N) is 2. The second-order valence-electron chi connectivity index (χ2n) is 10.4. The summed E-state index contributed by atoms with van der Waals surface area (Å²) in [4.78, 5) is 55.6. The Bertz CT molecular complexity index is 1500. The van der Waals surface area contributed by atoms with Crippen LogP contribution in [0.2, 0.25) is 0 Å². The Kier molecular flexibility index (Phi) is 7.55. The van der Waals surface area contributed by atoms with Gasteiger partial charge in [-0.2, -0.15) is 4.98 Å². The van der Waals surface area contributed by atoms with Crippen LogP contribution < -0.4 is 15.4 Å². The first-order chi connectivity index (χ1) is 18.8. The summed E-state index contributed by atoms with van der Waals surface area (Å²) in [6.07, 6.45) is 1.60. The van der Waals surface area contributed by atoms with E-state index >= 15 is 0 Å². The van der Waals surface area contributed by atoms with Crippen LogP contribution in [0, 0.1) is 6.92 Å². The molecule has 2 aromatic rings. The number of aromatic nitrogens is 2. The van der Waals surface area contributed by atoms with Crippen LogP contribution in [-0.2, 0) is 26.2 Å². The van der Waals surface area contributed by atoms with Gasteiger partial charge in [0.15, 0.2) is 23.2 Å². The van der Waals surface area contributed by atoms with E-state index in [1.54, 1.807) is 6.92 Å². The second kappa shape index (κ2) is 10.6. The van der Waals surface area contributed by atoms with Gasteiger partial charge in [-0.3, -0.25) is 19.2 Å². The molecule has 2 heterocycles. The number of benzene rings is 1. The Morgan fingerprint density at radius 2 is 1.80 bits per heavy atom. The number of phenolic OH excluding ortho intramolecular Hbond substituents is 2. The lowest BCUT2D eigenvalue weighted by atomic mass is 9.70. The number of amides is 1. The summed E-state index contributed by atoms with van der Waals surface area (Å²) in [5, 5.41) is 31.0. The van der Waals surface area contributed by atoms with Crippen molar-refractivity contribution in [1.29, 1.82) is 0 Å². The molecule has 1 atom stereocenters. The van der Waals surface area contributed by atoms with Crippen molar-refractivity contribution < 1.29 is 38.7 Å². The molecule has 0 saturated carbocycles. The number of phenols is 2. The predicted molar refractivity (Wildman–Crippen MR) is 141 cm³/mol. The monoisotopic (exact) mass is 552 g/mol. The van der Waals surface area contributed by atoms with Gasteiger partial charge in [-0.25, -0.2) is 0 Å². The molecule has 1 aromatic heterocycles. The molecule has 212 valence electrons. The van der Waals surface area contributed by atoms with E-state index in [1.165, 1.54) is 20.8 Å². The second-order valence-corrected chi connectivity index (χ2v) is 10.4. The lowest BCUT2D eigenvalue weighted by Gasteiger charge is -2.29. The van der Waals surface area contributed by atoms with Crippen molar-refractivity contribution in [2.24, 2.45) is 0 Å². The molecule has 0 unspecified atom stereocenters. The lowest BCUT2D eigenvalue weighted by molar-refractivity contribution is -0.124. The molecule has 0 fully saturated rings. The first kappa shape index (κ1) is 28.5. The van der Waals surface area contributed by atoms with E-state index in [0.717, 1.165) is 6.08 Å². The van der Waals surface area contributed by atoms with Crippen molar-refractivity contribution in [3.05, 3.63) is 51.5 Å². The smallest absolute Gasteiger partial charge is 0.228 e. The summed E-state index contributed by atoms with van der Waals surface area (Å²) in [7, 11) is 0. The fourth-order valence-corrected chi connectivity index (χ4v) is 4.82. The summed E-state index contributed by atoms with van der Waals surface area (Å²) in [6, 6.07) is 0. The Hall–Kier alpha value is -4.48. The van der Waals surface area contributed by atoms with E-state index in [9.17, 15) is 29.4 Å². The molecule has 40 heavy (non-hydrogen) atoms. The molecular weight excluding hydrogens is 520 g/mol. The van der Waals surface area contributed by atoms with Gasteiger partial charge in [0.25, 0.3) is 0 Å². The summed E-state index contributed by atoms with van der Waals surface area (Å²) < 4.78 is 10.9. The van der Waals surface area contributed by atoms with Crippen LogP contribution in [0.4, 0.5) is 0 Å². The molecule has 4 N–H and O–H groups in total. The minimum atomic E-state index is -1.60. The maximum atomic E-state index is 13.8. The van der Waals surface area contributed by atoms with Crippen molar-refractivity contribution in [1.82, 2.24) is 20.8 Å². The average molecular weight is 553 g/mol. The van der Waals surface area contributed by atoms with Crippen LogP contribution in [0.25, 0.3) is 0 Å². The molecule has 1 aliphatic heterocycles. The molecular formula is C28H32N4O8. The highest BCUT2D eigenvalue weighted by Gasteiger charge is 2.56. The van der Waals surface area contributed by atoms with Gasteiger partial charge >= 0.3 is 0 Å². The van der Waals surface area contributed by atoms with E-state index in [0.29, 0.717) is 24.7 Å². The molecule has 0 saturated heterocycles. The van der Waals surface area contributed by atoms with Crippen molar-refractivity contribution >= 4 is 23.3 Å². The molecule has 4 rings (SSSR count). The fraction of sp³-hybridized carbons (Fsp3) is 0.429. The quantitative estimate of drug-likeness (QED) is 0.204.